The van der Waals surface area contributed by atoms with Crippen molar-refractivity contribution in [1.82, 2.24) is 10.9 Å². The number of benzene rings is 3. The van der Waals surface area contributed by atoms with Gasteiger partial charge in [0.2, 0.25) is 5.91 Å². The highest BCUT2D eigenvalue weighted by atomic mass is 35.5. The van der Waals surface area contributed by atoms with Crippen molar-refractivity contribution in [3.8, 4) is 0 Å². The number of hydrazine groups is 1. The van der Waals surface area contributed by atoms with Crippen molar-refractivity contribution in [2.75, 3.05) is 5.32 Å². The van der Waals surface area contributed by atoms with E-state index >= 15 is 0 Å². The van der Waals surface area contributed by atoms with Gasteiger partial charge in [0.1, 0.15) is 11.9 Å². The Hall–Kier alpha value is -2.47. The summed E-state index contributed by atoms with van der Waals surface area (Å²) in [6, 6.07) is 18.1. The zero-order chi connectivity index (χ0) is 18.1. The molecule has 0 saturated carbocycles. The monoisotopic (exact) mass is 369 g/mol. The molecule has 4 nitrogen and oxygen atoms in total. The maximum atomic E-state index is 13.2. The summed E-state index contributed by atoms with van der Waals surface area (Å²) in [5.74, 6) is -0.704. The molecule has 1 saturated heterocycles. The zero-order valence-electron chi connectivity index (χ0n) is 13.8. The van der Waals surface area contributed by atoms with Crippen molar-refractivity contribution < 1.29 is 9.18 Å². The summed E-state index contributed by atoms with van der Waals surface area (Å²) in [6.45, 7) is 0. The minimum absolute atomic E-state index is 0.0195. The van der Waals surface area contributed by atoms with Crippen LogP contribution in [0.15, 0.2) is 60.7 Å². The summed E-state index contributed by atoms with van der Waals surface area (Å²) >= 11 is 5.76. The van der Waals surface area contributed by atoms with E-state index in [1.807, 2.05) is 18.2 Å². The Kier molecular flexibility index (Phi) is 4.59. The molecular formula is C20H17ClFN3O. The number of anilines is 1. The first kappa shape index (κ1) is 17.0. The minimum atomic E-state index is -0.513. The Morgan fingerprint density at radius 2 is 1.88 bits per heavy atom. The van der Waals surface area contributed by atoms with Gasteiger partial charge in [-0.1, -0.05) is 54.1 Å². The maximum absolute atomic E-state index is 13.2. The number of hydrogen-bond donors (Lipinski definition) is 3. The van der Waals surface area contributed by atoms with Gasteiger partial charge in [-0.3, -0.25) is 4.79 Å². The van der Waals surface area contributed by atoms with Crippen LogP contribution >= 0.6 is 11.6 Å². The third-order valence-corrected chi connectivity index (χ3v) is 4.90. The number of nitrogens with one attached hydrogen (secondary N) is 3. The minimum Gasteiger partial charge on any atom is -0.325 e. The van der Waals surface area contributed by atoms with Gasteiger partial charge in [0.15, 0.2) is 0 Å². The number of halogens is 2. The van der Waals surface area contributed by atoms with Gasteiger partial charge in [0, 0.05) is 11.7 Å². The first-order chi connectivity index (χ1) is 12.6. The second kappa shape index (κ2) is 7.03. The number of rotatable bonds is 3. The molecule has 1 aliphatic heterocycles. The van der Waals surface area contributed by atoms with Crippen molar-refractivity contribution in [2.45, 2.75) is 18.5 Å². The first-order valence-corrected chi connectivity index (χ1v) is 8.74. The molecule has 2 unspecified atom stereocenters. The standard InChI is InChI=1S/C20H17ClFN3O/c21-16-10-13(8-9-17(16)22)23-20(26)19-11-18(24-25-19)15-7-3-5-12-4-1-2-6-14(12)15/h1-10,18-19,24-25H,11H2,(H,23,26). The maximum Gasteiger partial charge on any atom is 0.242 e. The number of carbonyl (C=O) groups excluding carboxylic acids is 1. The summed E-state index contributed by atoms with van der Waals surface area (Å²) in [6.07, 6.45) is 0.606. The Balaban J connectivity index is 1.49. The molecule has 6 heteroatoms. The third kappa shape index (κ3) is 3.29. The van der Waals surface area contributed by atoms with Crippen LogP contribution in [0.1, 0.15) is 18.0 Å². The van der Waals surface area contributed by atoms with E-state index in [2.05, 4.69) is 40.4 Å². The van der Waals surface area contributed by atoms with Gasteiger partial charge in [0.25, 0.3) is 0 Å². The third-order valence-electron chi connectivity index (χ3n) is 4.61. The average molecular weight is 370 g/mol. The fourth-order valence-corrected chi connectivity index (χ4v) is 3.47. The summed E-state index contributed by atoms with van der Waals surface area (Å²) in [5, 5.41) is 5.08. The molecule has 1 aliphatic rings. The van der Waals surface area contributed by atoms with E-state index in [0.29, 0.717) is 12.1 Å². The molecule has 4 rings (SSSR count). The van der Waals surface area contributed by atoms with Crippen molar-refractivity contribution in [3.63, 3.8) is 0 Å². The molecular weight excluding hydrogens is 353 g/mol. The number of amides is 1. The van der Waals surface area contributed by atoms with Crippen LogP contribution in [0.2, 0.25) is 5.02 Å². The lowest BCUT2D eigenvalue weighted by atomic mass is 9.96. The van der Waals surface area contributed by atoms with E-state index in [-0.39, 0.29) is 17.0 Å². The van der Waals surface area contributed by atoms with Crippen molar-refractivity contribution >= 4 is 34.0 Å². The molecule has 0 bridgehead atoms. The van der Waals surface area contributed by atoms with Gasteiger partial charge in [-0.25, -0.2) is 15.2 Å². The Morgan fingerprint density at radius 1 is 1.08 bits per heavy atom. The summed E-state index contributed by atoms with van der Waals surface area (Å²) < 4.78 is 13.2. The Bertz CT molecular complexity index is 973. The Labute approximate surface area is 155 Å². The molecule has 0 aliphatic carbocycles. The number of hydrogen-bond acceptors (Lipinski definition) is 3. The number of carbonyl (C=O) groups is 1. The van der Waals surface area contributed by atoms with Crippen LogP contribution in [0.25, 0.3) is 10.8 Å². The van der Waals surface area contributed by atoms with Crippen LogP contribution in [-0.4, -0.2) is 11.9 Å². The van der Waals surface area contributed by atoms with E-state index in [0.717, 1.165) is 5.56 Å². The van der Waals surface area contributed by atoms with Crippen molar-refractivity contribution in [2.24, 2.45) is 0 Å². The van der Waals surface area contributed by atoms with Gasteiger partial charge in [-0.2, -0.15) is 0 Å². The predicted octanol–water partition coefficient (Wildman–Crippen LogP) is 4.18. The van der Waals surface area contributed by atoms with Crippen LogP contribution < -0.4 is 16.2 Å². The molecule has 0 spiro atoms. The molecule has 2 atom stereocenters. The Morgan fingerprint density at radius 3 is 2.73 bits per heavy atom. The van der Waals surface area contributed by atoms with Crippen LogP contribution in [0.3, 0.4) is 0 Å². The van der Waals surface area contributed by atoms with E-state index < -0.39 is 11.9 Å². The van der Waals surface area contributed by atoms with Crippen LogP contribution in [0.5, 0.6) is 0 Å². The molecule has 1 fully saturated rings. The van der Waals surface area contributed by atoms with Crippen LogP contribution in [0, 0.1) is 5.82 Å². The van der Waals surface area contributed by atoms with Gasteiger partial charge in [-0.15, -0.1) is 0 Å². The lowest BCUT2D eigenvalue weighted by Gasteiger charge is -2.13. The quantitative estimate of drug-likeness (QED) is 0.649. The molecule has 1 heterocycles. The van der Waals surface area contributed by atoms with E-state index in [1.165, 1.54) is 29.0 Å². The highest BCUT2D eigenvalue weighted by Crippen LogP contribution is 2.29. The number of fused-ring (bicyclic) bond motifs is 1. The van der Waals surface area contributed by atoms with Gasteiger partial charge in [-0.05, 0) is 41.0 Å². The lowest BCUT2D eigenvalue weighted by Crippen LogP contribution is -2.39. The van der Waals surface area contributed by atoms with Gasteiger partial charge in [0.05, 0.1) is 5.02 Å². The lowest BCUT2D eigenvalue weighted by molar-refractivity contribution is -0.117. The summed E-state index contributed by atoms with van der Waals surface area (Å²) in [4.78, 5) is 12.5. The molecule has 3 aromatic carbocycles. The normalized spacial score (nSPS) is 19.6. The molecule has 1 amide bonds. The molecule has 132 valence electrons. The highest BCUT2D eigenvalue weighted by molar-refractivity contribution is 6.31. The van der Waals surface area contributed by atoms with Gasteiger partial charge < -0.3 is 5.32 Å². The van der Waals surface area contributed by atoms with Crippen molar-refractivity contribution in [3.05, 3.63) is 77.1 Å². The fourth-order valence-electron chi connectivity index (χ4n) is 3.29. The SMILES string of the molecule is O=C(Nc1ccc(F)c(Cl)c1)C1CC(c2cccc3ccccc23)NN1. The topological polar surface area (TPSA) is 53.2 Å². The largest absolute Gasteiger partial charge is 0.325 e. The van der Waals surface area contributed by atoms with Crippen LogP contribution in [-0.2, 0) is 4.79 Å². The average Bonchev–Trinajstić information content (AvgIpc) is 3.14. The first-order valence-electron chi connectivity index (χ1n) is 8.36. The summed E-state index contributed by atoms with van der Waals surface area (Å²) in [5.41, 5.74) is 7.87. The predicted molar refractivity (Wildman–Crippen MR) is 101 cm³/mol. The molecule has 3 N–H and O–H groups in total. The highest BCUT2D eigenvalue weighted by Gasteiger charge is 2.31. The van der Waals surface area contributed by atoms with E-state index in [4.69, 9.17) is 11.6 Å². The smallest absolute Gasteiger partial charge is 0.242 e. The van der Waals surface area contributed by atoms with E-state index in [9.17, 15) is 9.18 Å². The van der Waals surface area contributed by atoms with E-state index in [1.54, 1.807) is 0 Å². The fraction of sp³-hybridized carbons (Fsp3) is 0.150. The van der Waals surface area contributed by atoms with Gasteiger partial charge >= 0.3 is 0 Å². The molecule has 0 aromatic heterocycles. The molecule has 3 aromatic rings. The molecule has 26 heavy (non-hydrogen) atoms. The van der Waals surface area contributed by atoms with Crippen molar-refractivity contribution in [1.29, 1.82) is 0 Å². The zero-order valence-corrected chi connectivity index (χ0v) is 14.6. The second-order valence-electron chi connectivity index (χ2n) is 6.32. The second-order valence-corrected chi connectivity index (χ2v) is 6.72. The van der Waals surface area contributed by atoms with Crippen LogP contribution in [0.4, 0.5) is 10.1 Å². The molecule has 0 radical (unpaired) electrons. The summed E-state index contributed by atoms with van der Waals surface area (Å²) in [7, 11) is 0.